The van der Waals surface area contributed by atoms with Crippen LogP contribution >= 0.6 is 23.2 Å². The van der Waals surface area contributed by atoms with Gasteiger partial charge in [0.1, 0.15) is 0 Å². The summed E-state index contributed by atoms with van der Waals surface area (Å²) in [5.41, 5.74) is 1.15. The van der Waals surface area contributed by atoms with E-state index in [-0.39, 0.29) is 0 Å². The zero-order valence-corrected chi connectivity index (χ0v) is 14.0. The van der Waals surface area contributed by atoms with Crippen LogP contribution in [0.1, 0.15) is 57.1 Å². The highest BCUT2D eigenvalue weighted by Gasteiger charge is 2.28. The molecule has 1 nitrogen and oxygen atoms in total. The first-order chi connectivity index (χ1) is 9.67. The molecule has 0 aromatic heterocycles. The number of hydrogen-bond acceptors (Lipinski definition) is 1. The molecule has 1 unspecified atom stereocenters. The fourth-order valence-corrected chi connectivity index (χ4v) is 4.05. The molecular formula is C17H25Cl2N. The summed E-state index contributed by atoms with van der Waals surface area (Å²) in [6.45, 7) is 2.29. The van der Waals surface area contributed by atoms with Crippen molar-refractivity contribution >= 4 is 23.2 Å². The SMILES string of the molecule is CCCC1CCC(C(NC)c2cccc(Cl)c2Cl)CC1. The van der Waals surface area contributed by atoms with Crippen molar-refractivity contribution in [2.45, 2.75) is 51.5 Å². The first-order valence-corrected chi connectivity index (χ1v) is 8.54. The Hall–Kier alpha value is -0.240. The van der Waals surface area contributed by atoms with Gasteiger partial charge in [0, 0.05) is 6.04 Å². The minimum Gasteiger partial charge on any atom is -0.313 e. The van der Waals surface area contributed by atoms with Crippen LogP contribution in [0.3, 0.4) is 0 Å². The second-order valence-corrected chi connectivity index (χ2v) is 6.76. The monoisotopic (exact) mass is 313 g/mol. The Bertz CT molecular complexity index is 425. The maximum atomic E-state index is 6.39. The quantitative estimate of drug-likeness (QED) is 0.717. The zero-order chi connectivity index (χ0) is 14.5. The maximum Gasteiger partial charge on any atom is 0.0640 e. The molecule has 112 valence electrons. The molecule has 1 aromatic carbocycles. The molecule has 0 bridgehead atoms. The van der Waals surface area contributed by atoms with E-state index in [0.717, 1.165) is 11.5 Å². The molecular weight excluding hydrogens is 289 g/mol. The third-order valence-electron chi connectivity index (χ3n) is 4.69. The lowest BCUT2D eigenvalue weighted by molar-refractivity contribution is 0.219. The van der Waals surface area contributed by atoms with Gasteiger partial charge in [-0.1, -0.05) is 67.9 Å². The highest BCUT2D eigenvalue weighted by Crippen LogP contribution is 2.41. The van der Waals surface area contributed by atoms with E-state index in [1.807, 2.05) is 19.2 Å². The Labute approximate surface area is 133 Å². The molecule has 0 amide bonds. The largest absolute Gasteiger partial charge is 0.313 e. The summed E-state index contributed by atoms with van der Waals surface area (Å²) in [4.78, 5) is 0. The fraction of sp³-hybridized carbons (Fsp3) is 0.647. The fourth-order valence-electron chi connectivity index (χ4n) is 3.62. The first kappa shape index (κ1) is 16.1. The summed E-state index contributed by atoms with van der Waals surface area (Å²) in [6, 6.07) is 6.28. The molecule has 3 heteroatoms. The van der Waals surface area contributed by atoms with Gasteiger partial charge in [0.2, 0.25) is 0 Å². The van der Waals surface area contributed by atoms with Gasteiger partial charge in [-0.05, 0) is 43.4 Å². The normalized spacial score (nSPS) is 24.6. The lowest BCUT2D eigenvalue weighted by atomic mass is 9.75. The Balaban J connectivity index is 2.08. The third kappa shape index (κ3) is 3.69. The summed E-state index contributed by atoms with van der Waals surface area (Å²) in [5.74, 6) is 1.60. The van der Waals surface area contributed by atoms with Crippen molar-refractivity contribution in [2.24, 2.45) is 11.8 Å². The van der Waals surface area contributed by atoms with E-state index >= 15 is 0 Å². The Morgan fingerprint density at radius 3 is 2.50 bits per heavy atom. The van der Waals surface area contributed by atoms with Gasteiger partial charge in [-0.25, -0.2) is 0 Å². The number of benzene rings is 1. The molecule has 1 aliphatic carbocycles. The van der Waals surface area contributed by atoms with Gasteiger partial charge < -0.3 is 5.32 Å². The van der Waals surface area contributed by atoms with Gasteiger partial charge in [0.05, 0.1) is 10.0 Å². The average Bonchev–Trinajstić information content (AvgIpc) is 2.46. The molecule has 0 aliphatic heterocycles. The van der Waals surface area contributed by atoms with Gasteiger partial charge in [0.15, 0.2) is 0 Å². The van der Waals surface area contributed by atoms with Gasteiger partial charge in [-0.15, -0.1) is 0 Å². The Kier molecular flexibility index (Phi) is 6.20. The number of nitrogens with one attached hydrogen (secondary N) is 1. The van der Waals surface area contributed by atoms with Crippen molar-refractivity contribution in [1.29, 1.82) is 0 Å². The molecule has 1 saturated carbocycles. The zero-order valence-electron chi connectivity index (χ0n) is 12.5. The molecule has 0 radical (unpaired) electrons. The lowest BCUT2D eigenvalue weighted by Gasteiger charge is -2.34. The second kappa shape index (κ2) is 7.68. The van der Waals surface area contributed by atoms with E-state index in [1.54, 1.807) is 0 Å². The van der Waals surface area contributed by atoms with Crippen molar-refractivity contribution in [3.8, 4) is 0 Å². The summed E-state index contributed by atoms with van der Waals surface area (Å²) in [5, 5.41) is 4.83. The molecule has 1 atom stereocenters. The highest BCUT2D eigenvalue weighted by atomic mass is 35.5. The van der Waals surface area contributed by atoms with E-state index in [2.05, 4.69) is 18.3 Å². The summed E-state index contributed by atoms with van der Waals surface area (Å²) < 4.78 is 0. The van der Waals surface area contributed by atoms with Crippen LogP contribution in [-0.2, 0) is 0 Å². The maximum absolute atomic E-state index is 6.39. The standard InChI is InChI=1S/C17H25Cl2N/c1-3-5-12-8-10-13(11-9-12)17(20-2)14-6-4-7-15(18)16(14)19/h4,6-7,12-13,17,20H,3,5,8-11H2,1-2H3. The van der Waals surface area contributed by atoms with Gasteiger partial charge in [0.25, 0.3) is 0 Å². The van der Waals surface area contributed by atoms with E-state index in [9.17, 15) is 0 Å². The molecule has 0 spiro atoms. The van der Waals surface area contributed by atoms with E-state index < -0.39 is 0 Å². The van der Waals surface area contributed by atoms with Crippen LogP contribution in [0.25, 0.3) is 0 Å². The van der Waals surface area contributed by atoms with E-state index in [0.29, 0.717) is 22.0 Å². The van der Waals surface area contributed by atoms with Crippen molar-refractivity contribution < 1.29 is 0 Å². The van der Waals surface area contributed by atoms with Gasteiger partial charge in [-0.3, -0.25) is 0 Å². The molecule has 2 rings (SSSR count). The second-order valence-electron chi connectivity index (χ2n) is 5.98. The van der Waals surface area contributed by atoms with Crippen LogP contribution < -0.4 is 5.32 Å². The number of rotatable bonds is 5. The van der Waals surface area contributed by atoms with Crippen LogP contribution in [0, 0.1) is 11.8 Å². The summed E-state index contributed by atoms with van der Waals surface area (Å²) in [7, 11) is 2.03. The van der Waals surface area contributed by atoms with E-state index in [4.69, 9.17) is 23.2 Å². The molecule has 1 aliphatic rings. The summed E-state index contributed by atoms with van der Waals surface area (Å²) >= 11 is 12.6. The van der Waals surface area contributed by atoms with Crippen LogP contribution in [0.5, 0.6) is 0 Å². The van der Waals surface area contributed by atoms with Crippen molar-refractivity contribution in [2.75, 3.05) is 7.05 Å². The third-order valence-corrected chi connectivity index (χ3v) is 5.52. The van der Waals surface area contributed by atoms with Gasteiger partial charge in [-0.2, -0.15) is 0 Å². The van der Waals surface area contributed by atoms with E-state index in [1.165, 1.54) is 38.5 Å². The Morgan fingerprint density at radius 1 is 1.20 bits per heavy atom. The minimum absolute atomic E-state index is 0.323. The molecule has 1 aromatic rings. The topological polar surface area (TPSA) is 12.0 Å². The predicted molar refractivity (Wildman–Crippen MR) is 88.6 cm³/mol. The van der Waals surface area contributed by atoms with Crippen LogP contribution in [-0.4, -0.2) is 7.05 Å². The van der Waals surface area contributed by atoms with Crippen molar-refractivity contribution in [1.82, 2.24) is 5.32 Å². The van der Waals surface area contributed by atoms with Crippen LogP contribution in [0.2, 0.25) is 10.0 Å². The lowest BCUT2D eigenvalue weighted by Crippen LogP contribution is -2.29. The van der Waals surface area contributed by atoms with Crippen molar-refractivity contribution in [3.63, 3.8) is 0 Å². The first-order valence-electron chi connectivity index (χ1n) is 7.78. The molecule has 0 saturated heterocycles. The highest BCUT2D eigenvalue weighted by molar-refractivity contribution is 6.42. The van der Waals surface area contributed by atoms with Gasteiger partial charge >= 0.3 is 0 Å². The number of hydrogen-bond donors (Lipinski definition) is 1. The predicted octanol–water partition coefficient (Wildman–Crippen LogP) is 5.86. The summed E-state index contributed by atoms with van der Waals surface area (Å²) in [6.07, 6.45) is 7.99. The van der Waals surface area contributed by atoms with Crippen LogP contribution in [0.15, 0.2) is 18.2 Å². The smallest absolute Gasteiger partial charge is 0.0640 e. The average molecular weight is 314 g/mol. The van der Waals surface area contributed by atoms with Crippen molar-refractivity contribution in [3.05, 3.63) is 33.8 Å². The van der Waals surface area contributed by atoms with Crippen LogP contribution in [0.4, 0.5) is 0 Å². The number of halogens is 2. The molecule has 20 heavy (non-hydrogen) atoms. The minimum atomic E-state index is 0.323. The molecule has 1 fully saturated rings. The Morgan fingerprint density at radius 2 is 1.90 bits per heavy atom. The molecule has 0 heterocycles. The molecule has 1 N–H and O–H groups in total.